The van der Waals surface area contributed by atoms with Crippen molar-refractivity contribution in [1.82, 2.24) is 5.32 Å². The van der Waals surface area contributed by atoms with E-state index < -0.39 is 0 Å². The van der Waals surface area contributed by atoms with Gasteiger partial charge in [0.2, 0.25) is 0 Å². The van der Waals surface area contributed by atoms with Crippen LogP contribution in [0.5, 0.6) is 0 Å². The maximum absolute atomic E-state index is 12.7. The van der Waals surface area contributed by atoms with E-state index in [1.165, 1.54) is 12.1 Å². The Labute approximate surface area is 86.8 Å². The van der Waals surface area contributed by atoms with Crippen molar-refractivity contribution in [1.29, 1.82) is 0 Å². The zero-order chi connectivity index (χ0) is 9.68. The highest BCUT2D eigenvalue weighted by Gasteiger charge is 2.00. The number of rotatable bonds is 4. The number of nitrogens with one attached hydrogen (secondary N) is 1. The zero-order valence-corrected chi connectivity index (χ0v) is 8.50. The van der Waals surface area contributed by atoms with E-state index >= 15 is 0 Å². The van der Waals surface area contributed by atoms with Crippen LogP contribution in [0.15, 0.2) is 18.2 Å². The largest absolute Gasteiger partial charge is 0.311 e. The third-order valence-electron chi connectivity index (χ3n) is 1.59. The topological polar surface area (TPSA) is 12.0 Å². The van der Waals surface area contributed by atoms with Crippen LogP contribution in [0.25, 0.3) is 0 Å². The summed E-state index contributed by atoms with van der Waals surface area (Å²) in [5, 5.41) is 3.61. The summed E-state index contributed by atoms with van der Waals surface area (Å²) in [6.45, 7) is 1.23. The molecule has 1 aromatic carbocycles. The van der Waals surface area contributed by atoms with Crippen LogP contribution in [0.1, 0.15) is 5.56 Å². The van der Waals surface area contributed by atoms with Crippen molar-refractivity contribution in [2.75, 3.05) is 12.4 Å². The minimum atomic E-state index is -0.271. The molecule has 0 heterocycles. The van der Waals surface area contributed by atoms with E-state index in [9.17, 15) is 4.39 Å². The molecule has 1 aromatic rings. The van der Waals surface area contributed by atoms with Gasteiger partial charge in [-0.15, -0.1) is 11.6 Å². The minimum absolute atomic E-state index is 0.271. The molecule has 0 amide bonds. The molecule has 0 aromatic heterocycles. The van der Waals surface area contributed by atoms with Gasteiger partial charge in [-0.3, -0.25) is 0 Å². The maximum Gasteiger partial charge on any atom is 0.123 e. The van der Waals surface area contributed by atoms with Gasteiger partial charge in [0, 0.05) is 24.0 Å². The van der Waals surface area contributed by atoms with Crippen molar-refractivity contribution in [2.24, 2.45) is 0 Å². The van der Waals surface area contributed by atoms with Gasteiger partial charge in [-0.2, -0.15) is 0 Å². The fourth-order valence-electron chi connectivity index (χ4n) is 0.969. The first-order valence-electron chi connectivity index (χ1n) is 3.94. The van der Waals surface area contributed by atoms with Crippen LogP contribution in [-0.2, 0) is 6.54 Å². The molecule has 0 saturated heterocycles. The Morgan fingerprint density at radius 1 is 1.38 bits per heavy atom. The van der Waals surface area contributed by atoms with Crippen LogP contribution in [0.2, 0.25) is 5.02 Å². The molecule has 0 aliphatic heterocycles. The van der Waals surface area contributed by atoms with E-state index in [0.29, 0.717) is 24.0 Å². The third kappa shape index (κ3) is 3.51. The highest BCUT2D eigenvalue weighted by atomic mass is 35.5. The standard InChI is InChI=1S/C9H10Cl2FN/c10-3-4-13-6-7-5-8(12)1-2-9(7)11/h1-2,5,13H,3-4,6H2. The Balaban J connectivity index is 2.59. The quantitative estimate of drug-likeness (QED) is 0.610. The smallest absolute Gasteiger partial charge is 0.123 e. The average Bonchev–Trinajstić information content (AvgIpc) is 2.11. The van der Waals surface area contributed by atoms with Crippen molar-refractivity contribution >= 4 is 23.2 Å². The van der Waals surface area contributed by atoms with E-state index in [0.717, 1.165) is 5.56 Å². The molecule has 1 rings (SSSR count). The van der Waals surface area contributed by atoms with Gasteiger partial charge in [0.15, 0.2) is 0 Å². The molecule has 0 spiro atoms. The molecular weight excluding hydrogens is 212 g/mol. The van der Waals surface area contributed by atoms with Crippen LogP contribution in [0.4, 0.5) is 4.39 Å². The van der Waals surface area contributed by atoms with E-state index in [-0.39, 0.29) is 5.82 Å². The van der Waals surface area contributed by atoms with Crippen molar-refractivity contribution in [3.63, 3.8) is 0 Å². The van der Waals surface area contributed by atoms with Crippen LogP contribution in [0, 0.1) is 5.82 Å². The van der Waals surface area contributed by atoms with Crippen molar-refractivity contribution < 1.29 is 4.39 Å². The van der Waals surface area contributed by atoms with Gasteiger partial charge in [-0.25, -0.2) is 4.39 Å². The zero-order valence-electron chi connectivity index (χ0n) is 6.99. The Morgan fingerprint density at radius 2 is 2.15 bits per heavy atom. The fourth-order valence-corrected chi connectivity index (χ4v) is 1.29. The van der Waals surface area contributed by atoms with Gasteiger partial charge in [0.1, 0.15) is 5.82 Å². The van der Waals surface area contributed by atoms with Crippen LogP contribution >= 0.6 is 23.2 Å². The first-order chi connectivity index (χ1) is 6.24. The molecule has 0 unspecified atom stereocenters. The predicted octanol–water partition coefficient (Wildman–Crippen LogP) is 2.81. The Morgan fingerprint density at radius 3 is 2.85 bits per heavy atom. The van der Waals surface area contributed by atoms with Gasteiger partial charge in [0.25, 0.3) is 0 Å². The Bertz CT molecular complexity index is 278. The second-order valence-corrected chi connectivity index (χ2v) is 3.39. The molecule has 4 heteroatoms. The van der Waals surface area contributed by atoms with E-state index in [2.05, 4.69) is 5.32 Å². The summed E-state index contributed by atoms with van der Waals surface area (Å²) in [4.78, 5) is 0. The molecule has 0 bridgehead atoms. The summed E-state index contributed by atoms with van der Waals surface area (Å²) in [6, 6.07) is 4.31. The second kappa shape index (κ2) is 5.43. The molecule has 0 saturated carbocycles. The molecule has 1 N–H and O–H groups in total. The molecule has 0 fully saturated rings. The number of halogens is 3. The second-order valence-electron chi connectivity index (χ2n) is 2.60. The number of alkyl halides is 1. The maximum atomic E-state index is 12.7. The summed E-state index contributed by atoms with van der Waals surface area (Å²) in [6.07, 6.45) is 0. The SMILES string of the molecule is Fc1ccc(Cl)c(CNCCCl)c1. The third-order valence-corrected chi connectivity index (χ3v) is 2.15. The van der Waals surface area contributed by atoms with Gasteiger partial charge in [0.05, 0.1) is 0 Å². The lowest BCUT2D eigenvalue weighted by atomic mass is 10.2. The molecule has 13 heavy (non-hydrogen) atoms. The van der Waals surface area contributed by atoms with Crippen LogP contribution < -0.4 is 5.32 Å². The molecule has 0 aliphatic rings. The summed E-state index contributed by atoms with van der Waals surface area (Å²) in [5.41, 5.74) is 0.756. The highest BCUT2D eigenvalue weighted by molar-refractivity contribution is 6.31. The minimum Gasteiger partial charge on any atom is -0.311 e. The fraction of sp³-hybridized carbons (Fsp3) is 0.333. The normalized spacial score (nSPS) is 10.4. The molecule has 1 nitrogen and oxygen atoms in total. The number of hydrogen-bond acceptors (Lipinski definition) is 1. The lowest BCUT2D eigenvalue weighted by molar-refractivity contribution is 0.622. The van der Waals surface area contributed by atoms with Gasteiger partial charge in [-0.05, 0) is 23.8 Å². The van der Waals surface area contributed by atoms with E-state index in [1.807, 2.05) is 0 Å². The van der Waals surface area contributed by atoms with Crippen molar-refractivity contribution in [2.45, 2.75) is 6.54 Å². The molecule has 0 atom stereocenters. The van der Waals surface area contributed by atoms with E-state index in [1.54, 1.807) is 6.07 Å². The first-order valence-corrected chi connectivity index (χ1v) is 4.86. The molecular formula is C9H10Cl2FN. The van der Waals surface area contributed by atoms with Crippen molar-refractivity contribution in [3.05, 3.63) is 34.6 Å². The van der Waals surface area contributed by atoms with E-state index in [4.69, 9.17) is 23.2 Å². The van der Waals surface area contributed by atoms with Gasteiger partial charge >= 0.3 is 0 Å². The monoisotopic (exact) mass is 221 g/mol. The number of benzene rings is 1. The predicted molar refractivity (Wildman–Crippen MR) is 53.8 cm³/mol. The molecule has 0 radical (unpaired) electrons. The lowest BCUT2D eigenvalue weighted by Gasteiger charge is -2.04. The summed E-state index contributed by atoms with van der Waals surface area (Å²) < 4.78 is 12.7. The van der Waals surface area contributed by atoms with Gasteiger partial charge in [-0.1, -0.05) is 11.6 Å². The van der Waals surface area contributed by atoms with Gasteiger partial charge < -0.3 is 5.32 Å². The van der Waals surface area contributed by atoms with Crippen molar-refractivity contribution in [3.8, 4) is 0 Å². The summed E-state index contributed by atoms with van der Waals surface area (Å²) in [7, 11) is 0. The average molecular weight is 222 g/mol. The summed E-state index contributed by atoms with van der Waals surface area (Å²) in [5.74, 6) is 0.263. The number of hydrogen-bond donors (Lipinski definition) is 1. The molecule has 72 valence electrons. The van der Waals surface area contributed by atoms with Crippen LogP contribution in [-0.4, -0.2) is 12.4 Å². The summed E-state index contributed by atoms with van der Waals surface area (Å²) >= 11 is 11.3. The highest BCUT2D eigenvalue weighted by Crippen LogP contribution is 2.16. The first kappa shape index (κ1) is 10.8. The van der Waals surface area contributed by atoms with Crippen LogP contribution in [0.3, 0.4) is 0 Å². The lowest BCUT2D eigenvalue weighted by Crippen LogP contribution is -2.15. The Kier molecular flexibility index (Phi) is 4.50. The molecule has 0 aliphatic carbocycles. The Hall–Kier alpha value is -0.310.